The Bertz CT molecular complexity index is 145. The largest absolute Gasteiger partial charge is 0.460 e. The number of nitrogens with zero attached hydrogens (tertiary/aromatic N) is 2. The Kier molecular flexibility index (Phi) is 2.14. The van der Waals surface area contributed by atoms with Crippen LogP contribution in [-0.4, -0.2) is 37.2 Å². The summed E-state index contributed by atoms with van der Waals surface area (Å²) in [4.78, 5) is 6.21. The van der Waals surface area contributed by atoms with Crippen molar-refractivity contribution in [3.05, 3.63) is 0 Å². The fourth-order valence-corrected chi connectivity index (χ4v) is 1.06. The second-order valence-corrected chi connectivity index (χ2v) is 2.57. The number of hydrogen-bond donors (Lipinski definition) is 0. The van der Waals surface area contributed by atoms with Gasteiger partial charge in [0.15, 0.2) is 0 Å². The molecule has 1 unspecified atom stereocenters. The third-order valence-corrected chi connectivity index (χ3v) is 1.46. The van der Waals surface area contributed by atoms with Gasteiger partial charge in [-0.1, -0.05) is 0 Å². The molecule has 0 radical (unpaired) electrons. The van der Waals surface area contributed by atoms with E-state index in [1.54, 1.807) is 0 Å². The van der Waals surface area contributed by atoms with Crippen LogP contribution in [0.1, 0.15) is 13.8 Å². The maximum absolute atomic E-state index is 5.39. The molecule has 1 saturated heterocycles. The van der Waals surface area contributed by atoms with E-state index < -0.39 is 0 Å². The van der Waals surface area contributed by atoms with Crippen molar-refractivity contribution < 1.29 is 4.74 Å². The van der Waals surface area contributed by atoms with Crippen LogP contribution < -0.4 is 0 Å². The van der Waals surface area contributed by atoms with E-state index in [4.69, 9.17) is 4.74 Å². The van der Waals surface area contributed by atoms with Crippen LogP contribution >= 0.6 is 0 Å². The number of hydrogen-bond acceptors (Lipinski definition) is 2. The van der Waals surface area contributed by atoms with Gasteiger partial charge in [-0.05, 0) is 13.8 Å². The highest BCUT2D eigenvalue weighted by molar-refractivity contribution is 5.75. The first-order valence-electron chi connectivity index (χ1n) is 3.66. The predicted molar refractivity (Wildman–Crippen MR) is 41.2 cm³/mol. The molecule has 0 amide bonds. The zero-order chi connectivity index (χ0) is 7.56. The van der Waals surface area contributed by atoms with E-state index in [1.165, 1.54) is 0 Å². The smallest absolute Gasteiger partial charge is 0.287 e. The van der Waals surface area contributed by atoms with Gasteiger partial charge in [0.2, 0.25) is 0 Å². The second-order valence-electron chi connectivity index (χ2n) is 2.57. The summed E-state index contributed by atoms with van der Waals surface area (Å²) in [5.41, 5.74) is 0. The molecule has 1 atom stereocenters. The summed E-state index contributed by atoms with van der Waals surface area (Å²) >= 11 is 0. The minimum atomic E-state index is 0.301. The third-order valence-electron chi connectivity index (χ3n) is 1.46. The molecule has 3 nitrogen and oxygen atoms in total. The molecule has 0 bridgehead atoms. The number of likely N-dealkylation sites (N-methyl/N-ethyl adjacent to an activating group) is 1. The number of rotatable bonds is 1. The van der Waals surface area contributed by atoms with Crippen molar-refractivity contribution in [2.45, 2.75) is 20.0 Å². The van der Waals surface area contributed by atoms with Gasteiger partial charge in [-0.2, -0.15) is 0 Å². The lowest BCUT2D eigenvalue weighted by Gasteiger charge is -2.05. The molecule has 1 aliphatic heterocycles. The standard InChI is InChI=1S/C7H14N2O/c1-4-8-7-9(3)5-6(2)10-7/h6H,4-5H2,1-3H3. The fourth-order valence-electron chi connectivity index (χ4n) is 1.06. The Morgan fingerprint density at radius 1 is 1.80 bits per heavy atom. The monoisotopic (exact) mass is 142 g/mol. The number of aliphatic imine (C=N–C) groups is 1. The summed E-state index contributed by atoms with van der Waals surface area (Å²) in [7, 11) is 2.00. The topological polar surface area (TPSA) is 24.8 Å². The maximum Gasteiger partial charge on any atom is 0.287 e. The Hall–Kier alpha value is -0.730. The zero-order valence-electron chi connectivity index (χ0n) is 6.79. The average molecular weight is 142 g/mol. The van der Waals surface area contributed by atoms with Crippen molar-refractivity contribution >= 4 is 6.02 Å². The minimum absolute atomic E-state index is 0.301. The van der Waals surface area contributed by atoms with Gasteiger partial charge in [0, 0.05) is 13.6 Å². The first-order chi connectivity index (χ1) is 4.74. The number of amidine groups is 1. The van der Waals surface area contributed by atoms with Gasteiger partial charge in [-0.3, -0.25) is 0 Å². The van der Waals surface area contributed by atoms with Crippen molar-refractivity contribution in [3.63, 3.8) is 0 Å². The van der Waals surface area contributed by atoms with Gasteiger partial charge in [-0.25, -0.2) is 4.99 Å². The Morgan fingerprint density at radius 3 is 2.90 bits per heavy atom. The molecule has 58 valence electrons. The van der Waals surface area contributed by atoms with E-state index in [0.717, 1.165) is 19.1 Å². The van der Waals surface area contributed by atoms with Gasteiger partial charge in [0.25, 0.3) is 6.02 Å². The van der Waals surface area contributed by atoms with Crippen LogP contribution in [0.5, 0.6) is 0 Å². The van der Waals surface area contributed by atoms with Gasteiger partial charge < -0.3 is 9.64 Å². The fraction of sp³-hybridized carbons (Fsp3) is 0.857. The SMILES string of the molecule is CCN=C1OC(C)CN1C. The van der Waals surface area contributed by atoms with Crippen molar-refractivity contribution in [2.24, 2.45) is 4.99 Å². The van der Waals surface area contributed by atoms with Crippen molar-refractivity contribution in [2.75, 3.05) is 20.1 Å². The normalized spacial score (nSPS) is 29.3. The van der Waals surface area contributed by atoms with E-state index in [0.29, 0.717) is 6.10 Å². The average Bonchev–Trinajstić information content (AvgIpc) is 2.13. The lowest BCUT2D eigenvalue weighted by molar-refractivity contribution is 0.250. The highest BCUT2D eigenvalue weighted by Gasteiger charge is 2.21. The van der Waals surface area contributed by atoms with Crippen LogP contribution in [0.25, 0.3) is 0 Å². The summed E-state index contributed by atoms with van der Waals surface area (Å²) < 4.78 is 5.39. The van der Waals surface area contributed by atoms with Crippen LogP contribution in [-0.2, 0) is 4.74 Å². The summed E-state index contributed by atoms with van der Waals surface area (Å²) in [6, 6.07) is 0.787. The van der Waals surface area contributed by atoms with Crippen LogP contribution in [0, 0.1) is 0 Å². The first kappa shape index (κ1) is 7.38. The van der Waals surface area contributed by atoms with Gasteiger partial charge >= 0.3 is 0 Å². The van der Waals surface area contributed by atoms with Crippen LogP contribution in [0.3, 0.4) is 0 Å². The zero-order valence-corrected chi connectivity index (χ0v) is 6.79. The lowest BCUT2D eigenvalue weighted by atomic mass is 10.4. The van der Waals surface area contributed by atoms with Crippen molar-refractivity contribution in [1.82, 2.24) is 4.90 Å². The molecule has 0 aliphatic carbocycles. The molecule has 0 aromatic carbocycles. The van der Waals surface area contributed by atoms with Crippen LogP contribution in [0.2, 0.25) is 0 Å². The molecule has 1 rings (SSSR count). The molecule has 0 aromatic rings. The second kappa shape index (κ2) is 2.90. The highest BCUT2D eigenvalue weighted by Crippen LogP contribution is 2.07. The Balaban J connectivity index is 2.54. The molecule has 0 aromatic heterocycles. The molecular weight excluding hydrogens is 128 g/mol. The first-order valence-corrected chi connectivity index (χ1v) is 3.66. The van der Waals surface area contributed by atoms with Crippen molar-refractivity contribution in [3.8, 4) is 0 Å². The highest BCUT2D eigenvalue weighted by atomic mass is 16.5. The van der Waals surface area contributed by atoms with Crippen LogP contribution in [0.15, 0.2) is 4.99 Å². The molecule has 0 saturated carbocycles. The van der Waals surface area contributed by atoms with Crippen molar-refractivity contribution in [1.29, 1.82) is 0 Å². The Labute approximate surface area is 61.7 Å². The summed E-state index contributed by atoms with van der Waals surface area (Å²) in [5.74, 6) is 0. The number of ether oxygens (including phenoxy) is 1. The minimum Gasteiger partial charge on any atom is -0.460 e. The van der Waals surface area contributed by atoms with E-state index in [-0.39, 0.29) is 0 Å². The molecule has 10 heavy (non-hydrogen) atoms. The molecule has 0 N–H and O–H groups in total. The predicted octanol–water partition coefficient (Wildman–Crippen LogP) is 0.713. The van der Waals surface area contributed by atoms with E-state index in [1.807, 2.05) is 18.9 Å². The summed E-state index contributed by atoms with van der Waals surface area (Å²) in [6.45, 7) is 5.81. The van der Waals surface area contributed by atoms with E-state index in [2.05, 4.69) is 11.9 Å². The van der Waals surface area contributed by atoms with Gasteiger partial charge in [0.05, 0.1) is 6.54 Å². The Morgan fingerprint density at radius 2 is 2.50 bits per heavy atom. The van der Waals surface area contributed by atoms with Crippen LogP contribution in [0.4, 0.5) is 0 Å². The molecule has 1 aliphatic rings. The molecule has 1 fully saturated rings. The van der Waals surface area contributed by atoms with Gasteiger partial charge in [0.1, 0.15) is 6.10 Å². The van der Waals surface area contributed by atoms with E-state index in [9.17, 15) is 0 Å². The maximum atomic E-state index is 5.39. The summed E-state index contributed by atoms with van der Waals surface area (Å²) in [5, 5.41) is 0. The summed E-state index contributed by atoms with van der Waals surface area (Å²) in [6.07, 6.45) is 0.301. The van der Waals surface area contributed by atoms with E-state index >= 15 is 0 Å². The van der Waals surface area contributed by atoms with Gasteiger partial charge in [-0.15, -0.1) is 0 Å². The molecule has 1 heterocycles. The third kappa shape index (κ3) is 1.40. The lowest BCUT2D eigenvalue weighted by Crippen LogP contribution is -2.20. The molecular formula is C7H14N2O. The molecule has 3 heteroatoms. The quantitative estimate of drug-likeness (QED) is 0.538. The molecule has 0 spiro atoms.